The molecular formula is C33H63N5O4. The number of nitrogens with one attached hydrogen (secondary N) is 2. The van der Waals surface area contributed by atoms with Crippen molar-refractivity contribution in [2.24, 2.45) is 11.8 Å². The van der Waals surface area contributed by atoms with E-state index in [1.807, 2.05) is 13.8 Å². The lowest BCUT2D eigenvalue weighted by molar-refractivity contribution is -0.135. The molecule has 0 bridgehead atoms. The minimum absolute atomic E-state index is 0.0784. The Balaban J connectivity index is 0.00000106. The Morgan fingerprint density at radius 3 is 2.02 bits per heavy atom. The Labute approximate surface area is 257 Å². The van der Waals surface area contributed by atoms with Gasteiger partial charge in [-0.1, -0.05) is 60.5 Å². The van der Waals surface area contributed by atoms with E-state index in [1.165, 1.54) is 37.3 Å². The van der Waals surface area contributed by atoms with Gasteiger partial charge in [-0.25, -0.2) is 0 Å². The minimum atomic E-state index is -0.434. The van der Waals surface area contributed by atoms with Crippen LogP contribution in [0.1, 0.15) is 107 Å². The van der Waals surface area contributed by atoms with Crippen LogP contribution in [0, 0.1) is 11.8 Å². The number of hydrogen-bond acceptors (Lipinski definition) is 5. The van der Waals surface area contributed by atoms with Gasteiger partial charge in [0.15, 0.2) is 0 Å². The topological polar surface area (TPSA) is 102 Å². The number of rotatable bonds is 12. The smallest absolute Gasteiger partial charge is 0.249 e. The molecule has 0 radical (unpaired) electrons. The number of likely N-dealkylation sites (N-methyl/N-ethyl adjacent to an activating group) is 1. The van der Waals surface area contributed by atoms with E-state index in [0.717, 1.165) is 31.2 Å². The Bertz CT molecular complexity index is 819. The molecule has 2 aliphatic rings. The number of carbonyl (C=O) groups excluding carboxylic acids is 4. The van der Waals surface area contributed by atoms with Crippen LogP contribution in [0.25, 0.3) is 0 Å². The van der Waals surface area contributed by atoms with Crippen molar-refractivity contribution in [1.29, 1.82) is 0 Å². The fourth-order valence-corrected chi connectivity index (χ4v) is 4.95. The quantitative estimate of drug-likeness (QED) is 0.196. The number of unbranched alkanes of at least 4 members (excludes halogenated alkanes) is 1. The second-order valence-corrected chi connectivity index (χ2v) is 12.8. The number of hydrogen-bond donors (Lipinski definition) is 2. The lowest BCUT2D eigenvalue weighted by Gasteiger charge is -2.30. The van der Waals surface area contributed by atoms with Crippen molar-refractivity contribution in [3.63, 3.8) is 0 Å². The molecule has 2 rings (SSSR count). The largest absolute Gasteiger partial charge is 0.354 e. The molecular weight excluding hydrogens is 530 g/mol. The van der Waals surface area contributed by atoms with Crippen molar-refractivity contribution in [3.8, 4) is 0 Å². The average Bonchev–Trinajstić information content (AvgIpc) is 3.44. The van der Waals surface area contributed by atoms with Gasteiger partial charge in [-0.05, 0) is 77.8 Å². The molecule has 0 saturated carbocycles. The molecule has 2 saturated heterocycles. The first-order chi connectivity index (χ1) is 19.8. The van der Waals surface area contributed by atoms with Gasteiger partial charge in [0.2, 0.25) is 24.1 Å². The number of nitrogens with zero attached hydrogens (tertiary/aromatic N) is 3. The molecule has 0 aliphatic carbocycles. The third kappa shape index (κ3) is 15.7. The molecule has 0 aromatic carbocycles. The van der Waals surface area contributed by atoms with Crippen molar-refractivity contribution in [2.45, 2.75) is 125 Å². The van der Waals surface area contributed by atoms with Gasteiger partial charge in [-0.2, -0.15) is 0 Å². The maximum absolute atomic E-state index is 13.0. The normalized spacial score (nSPS) is 18.1. The van der Waals surface area contributed by atoms with Crippen LogP contribution < -0.4 is 10.6 Å². The molecule has 9 nitrogen and oxygen atoms in total. The van der Waals surface area contributed by atoms with Gasteiger partial charge in [0.1, 0.15) is 6.04 Å². The summed E-state index contributed by atoms with van der Waals surface area (Å²) >= 11 is 0. The van der Waals surface area contributed by atoms with Crippen LogP contribution in [-0.2, 0) is 19.2 Å². The van der Waals surface area contributed by atoms with Gasteiger partial charge < -0.3 is 25.3 Å². The maximum Gasteiger partial charge on any atom is 0.249 e. The molecule has 42 heavy (non-hydrogen) atoms. The molecule has 4 amide bonds. The third-order valence-corrected chi connectivity index (χ3v) is 7.39. The van der Waals surface area contributed by atoms with Crippen molar-refractivity contribution < 1.29 is 19.2 Å². The zero-order chi connectivity index (χ0) is 32.2. The Hall–Kier alpha value is -2.42. The zero-order valence-corrected chi connectivity index (χ0v) is 28.5. The van der Waals surface area contributed by atoms with Crippen molar-refractivity contribution in [3.05, 3.63) is 11.6 Å². The SMILES string of the molecule is CC(C)C.CC(C)N1CCCCC1.CCCCNC(=O)[C@@H]1CCCN1C(=O)/C(C)=C/[C@H](C(C)C)N(C)C(=O)CNC=O. The summed E-state index contributed by atoms with van der Waals surface area (Å²) in [6.07, 6.45) is 9.94. The summed E-state index contributed by atoms with van der Waals surface area (Å²) in [5, 5.41) is 5.29. The van der Waals surface area contributed by atoms with Crippen LogP contribution in [-0.4, -0.2) is 96.7 Å². The first-order valence-corrected chi connectivity index (χ1v) is 16.2. The van der Waals surface area contributed by atoms with Crippen LogP contribution in [0.2, 0.25) is 0 Å². The molecule has 0 spiro atoms. The third-order valence-electron chi connectivity index (χ3n) is 7.39. The summed E-state index contributed by atoms with van der Waals surface area (Å²) in [6.45, 7) is 22.5. The lowest BCUT2D eigenvalue weighted by atomic mass is 9.99. The van der Waals surface area contributed by atoms with Crippen LogP contribution >= 0.6 is 0 Å². The maximum atomic E-state index is 13.0. The Kier molecular flexibility index (Phi) is 20.9. The van der Waals surface area contributed by atoms with E-state index in [2.05, 4.69) is 57.1 Å². The summed E-state index contributed by atoms with van der Waals surface area (Å²) in [6, 6.07) is 0.0426. The van der Waals surface area contributed by atoms with Crippen LogP contribution in [0.4, 0.5) is 0 Å². The van der Waals surface area contributed by atoms with Gasteiger partial charge in [0, 0.05) is 31.8 Å². The van der Waals surface area contributed by atoms with Crippen molar-refractivity contribution >= 4 is 24.1 Å². The fourth-order valence-electron chi connectivity index (χ4n) is 4.95. The van der Waals surface area contributed by atoms with E-state index in [4.69, 9.17) is 0 Å². The average molecular weight is 594 g/mol. The summed E-state index contributed by atoms with van der Waals surface area (Å²) in [4.78, 5) is 53.9. The molecule has 2 N–H and O–H groups in total. The molecule has 2 fully saturated rings. The minimum Gasteiger partial charge on any atom is -0.354 e. The molecule has 0 aromatic heterocycles. The van der Waals surface area contributed by atoms with Crippen LogP contribution in [0.15, 0.2) is 11.6 Å². The highest BCUT2D eigenvalue weighted by molar-refractivity contribution is 5.97. The lowest BCUT2D eigenvalue weighted by Crippen LogP contribution is -2.47. The van der Waals surface area contributed by atoms with Gasteiger partial charge in [-0.15, -0.1) is 0 Å². The molecule has 0 aromatic rings. The van der Waals surface area contributed by atoms with Gasteiger partial charge >= 0.3 is 0 Å². The van der Waals surface area contributed by atoms with Gasteiger partial charge in [-0.3, -0.25) is 19.2 Å². The highest BCUT2D eigenvalue weighted by atomic mass is 16.2. The number of piperidine rings is 1. The standard InChI is InChI=1S/C21H36N4O4.C8H17N.C4H10/c1-6-7-10-23-20(28)17-9-8-11-25(17)21(29)16(4)12-18(15(2)3)24(5)19(27)13-22-14-26;1-8(2)9-6-4-3-5-7-9;1-4(2)3/h12,14-15,17-18H,6-11,13H2,1-5H3,(H,22,26)(H,23,28);8H,3-7H2,1-2H3;4H,1-3H3/b16-12+;;/t17-,18+;;/m0../s1. The zero-order valence-electron chi connectivity index (χ0n) is 28.5. The molecule has 9 heteroatoms. The van der Waals surface area contributed by atoms with Gasteiger partial charge in [0.25, 0.3) is 0 Å². The number of amides is 4. The second kappa shape index (κ2) is 22.2. The summed E-state index contributed by atoms with van der Waals surface area (Å²) in [5.41, 5.74) is 0.514. The monoisotopic (exact) mass is 593 g/mol. The Morgan fingerprint density at radius 2 is 1.55 bits per heavy atom. The van der Waals surface area contributed by atoms with E-state index in [9.17, 15) is 19.2 Å². The predicted octanol–water partition coefficient (Wildman–Crippen LogP) is 4.61. The Morgan fingerprint density at radius 1 is 0.952 bits per heavy atom. The summed E-state index contributed by atoms with van der Waals surface area (Å²) in [7, 11) is 1.66. The summed E-state index contributed by atoms with van der Waals surface area (Å²) < 4.78 is 0. The van der Waals surface area contributed by atoms with E-state index in [-0.39, 0.29) is 36.2 Å². The van der Waals surface area contributed by atoms with E-state index < -0.39 is 6.04 Å². The fraction of sp³-hybridized carbons (Fsp3) is 0.818. The molecule has 0 unspecified atom stereocenters. The van der Waals surface area contributed by atoms with Crippen molar-refractivity contribution in [2.75, 3.05) is 39.8 Å². The molecule has 2 heterocycles. The molecule has 2 aliphatic heterocycles. The van der Waals surface area contributed by atoms with E-state index in [0.29, 0.717) is 31.5 Å². The van der Waals surface area contributed by atoms with E-state index in [1.54, 1.807) is 24.9 Å². The summed E-state index contributed by atoms with van der Waals surface area (Å²) in [5.74, 6) is 0.414. The van der Waals surface area contributed by atoms with Crippen molar-refractivity contribution in [1.82, 2.24) is 25.3 Å². The predicted molar refractivity (Wildman–Crippen MR) is 173 cm³/mol. The highest BCUT2D eigenvalue weighted by Gasteiger charge is 2.34. The second-order valence-electron chi connectivity index (χ2n) is 12.8. The van der Waals surface area contributed by atoms with Gasteiger partial charge in [0.05, 0.1) is 12.6 Å². The molecule has 2 atom stereocenters. The number of likely N-dealkylation sites (tertiary alicyclic amines) is 2. The first kappa shape index (κ1) is 39.6. The number of carbonyl (C=O) groups is 4. The van der Waals surface area contributed by atoms with E-state index >= 15 is 0 Å². The van der Waals surface area contributed by atoms with Crippen LogP contribution in [0.3, 0.4) is 0 Å². The van der Waals surface area contributed by atoms with Crippen LogP contribution in [0.5, 0.6) is 0 Å². The molecule has 244 valence electrons. The first-order valence-electron chi connectivity index (χ1n) is 16.2. The highest BCUT2D eigenvalue weighted by Crippen LogP contribution is 2.21.